The first-order chi connectivity index (χ1) is 18.1. The van der Waals surface area contributed by atoms with Crippen LogP contribution < -0.4 is 5.73 Å². The fourth-order valence-corrected chi connectivity index (χ4v) is 4.47. The number of carboxylic acids is 2. The fourth-order valence-electron chi connectivity index (χ4n) is 4.47. The third kappa shape index (κ3) is 3.55. The summed E-state index contributed by atoms with van der Waals surface area (Å²) in [5.41, 5.74) is 9.36. The molecule has 3 heterocycles. The van der Waals surface area contributed by atoms with Crippen LogP contribution in [0.2, 0.25) is 0 Å². The van der Waals surface area contributed by atoms with E-state index >= 15 is 4.39 Å². The lowest BCUT2D eigenvalue weighted by Gasteiger charge is -2.28. The van der Waals surface area contributed by atoms with Gasteiger partial charge in [-0.15, -0.1) is 0 Å². The molecule has 2 aliphatic rings. The predicted molar refractivity (Wildman–Crippen MR) is 120 cm³/mol. The number of benzene rings is 1. The zero-order valence-electron chi connectivity index (χ0n) is 18.9. The number of aliphatic hydroxyl groups is 1. The number of nitriles is 1. The summed E-state index contributed by atoms with van der Waals surface area (Å²) in [4.78, 5) is 38.6. The van der Waals surface area contributed by atoms with Crippen LogP contribution in [-0.2, 0) is 25.5 Å². The van der Waals surface area contributed by atoms with E-state index in [4.69, 9.17) is 26.0 Å². The number of hydrogen-bond acceptors (Lipinski definition) is 11. The summed E-state index contributed by atoms with van der Waals surface area (Å²) < 4.78 is 27.7. The minimum atomic E-state index is -2.93. The number of nitrogens with two attached hydrogens (primary N) is 1. The van der Waals surface area contributed by atoms with Crippen molar-refractivity contribution in [2.45, 2.75) is 42.2 Å². The van der Waals surface area contributed by atoms with Crippen molar-refractivity contribution in [3.05, 3.63) is 52.2 Å². The number of nitrogens with zero attached hydrogens (tertiary/aromatic N) is 8. The molecule has 0 spiro atoms. The van der Waals surface area contributed by atoms with Crippen molar-refractivity contribution in [2.75, 3.05) is 5.73 Å². The molecular formula is C21H16FN9O7. The van der Waals surface area contributed by atoms with Crippen LogP contribution in [-0.4, -0.2) is 76.4 Å². The molecule has 5 rings (SSSR count). The molecule has 0 bridgehead atoms. The maximum absolute atomic E-state index is 15.6. The number of nitrogen functional groups attached to an aromatic ring is 1. The van der Waals surface area contributed by atoms with Gasteiger partial charge in [0.25, 0.3) is 5.60 Å². The van der Waals surface area contributed by atoms with E-state index in [0.29, 0.717) is 0 Å². The quantitative estimate of drug-likeness (QED) is 0.137. The van der Waals surface area contributed by atoms with Crippen molar-refractivity contribution in [1.29, 1.82) is 5.26 Å². The molecule has 1 aliphatic carbocycles. The molecule has 2 aromatic heterocycles. The summed E-state index contributed by atoms with van der Waals surface area (Å²) in [6.07, 6.45) is -6.52. The Kier molecular flexibility index (Phi) is 5.62. The van der Waals surface area contributed by atoms with E-state index in [2.05, 4.69) is 25.0 Å². The molecule has 17 heteroatoms. The molecule has 0 unspecified atom stereocenters. The van der Waals surface area contributed by atoms with E-state index in [1.54, 1.807) is 0 Å². The predicted octanol–water partition coefficient (Wildman–Crippen LogP) is 0.738. The highest BCUT2D eigenvalue weighted by atomic mass is 19.1. The Balaban J connectivity index is 1.43. The van der Waals surface area contributed by atoms with Gasteiger partial charge in [0.2, 0.25) is 5.95 Å². The summed E-state index contributed by atoms with van der Waals surface area (Å²) in [6, 6.07) is 7.43. The molecule has 2 fully saturated rings. The monoisotopic (exact) mass is 525 g/mol. The first-order valence-corrected chi connectivity index (χ1v) is 10.8. The number of anilines is 1. The first kappa shape index (κ1) is 24.8. The van der Waals surface area contributed by atoms with Crippen molar-refractivity contribution in [3.63, 3.8) is 0 Å². The Morgan fingerprint density at radius 1 is 1.39 bits per heavy atom. The number of hydrogen-bond donors (Lipinski definition) is 4. The number of carboxylic acid groups (broad SMARTS) is 2. The maximum Gasteiger partial charge on any atom is 0.348 e. The number of imidazole rings is 1. The first-order valence-electron chi connectivity index (χ1n) is 10.8. The van der Waals surface area contributed by atoms with Crippen molar-refractivity contribution < 1.29 is 38.8 Å². The van der Waals surface area contributed by atoms with Gasteiger partial charge in [-0.3, -0.25) is 4.57 Å². The SMILES string of the molecule is N#Cc1cccc(CC(O[C@H]2[C@H]3O[C@@H](n4cnc5c(N)nc(N=[N+]=[N-])nc54)[C@@H](F)[C@]32O)(C(=O)O)C(=O)O)c1. The zero-order valence-corrected chi connectivity index (χ0v) is 18.9. The molecule has 38 heavy (non-hydrogen) atoms. The standard InChI is InChI=1S/C21H16FN9O7/c22-11-16(31-7-26-10-14(24)27-19(29-30-25)28-15(10)31)37-12-13(21(11,12)36)38-20(17(32)33,18(34)35)5-8-2-1-3-9(4-8)6-23/h1-4,7,11-13,16,36H,5H2,(H,32,33)(H,34,35)(H2,24,27,28)/t11-,12-,13+,16-,21+/m1/s1. The Bertz CT molecular complexity index is 1570. The van der Waals surface area contributed by atoms with Gasteiger partial charge in [-0.2, -0.15) is 5.26 Å². The molecule has 0 radical (unpaired) electrons. The van der Waals surface area contributed by atoms with E-state index in [1.165, 1.54) is 24.3 Å². The molecule has 0 amide bonds. The maximum atomic E-state index is 15.6. The average molecular weight is 525 g/mol. The highest BCUT2D eigenvalue weighted by molar-refractivity contribution is 6.02. The van der Waals surface area contributed by atoms with Gasteiger partial charge in [0.05, 0.1) is 18.0 Å². The Morgan fingerprint density at radius 3 is 2.74 bits per heavy atom. The molecule has 1 aliphatic heterocycles. The minimum absolute atomic E-state index is 0.0356. The fraction of sp³-hybridized carbons (Fsp3) is 0.333. The molecule has 1 aromatic carbocycles. The van der Waals surface area contributed by atoms with Gasteiger partial charge in [-0.25, -0.2) is 28.9 Å². The van der Waals surface area contributed by atoms with Gasteiger partial charge in [0.15, 0.2) is 29.5 Å². The smallest absolute Gasteiger partial charge is 0.348 e. The number of halogens is 1. The lowest BCUT2D eigenvalue weighted by atomic mass is 9.93. The van der Waals surface area contributed by atoms with E-state index in [0.717, 1.165) is 10.9 Å². The number of ether oxygens (including phenoxy) is 2. The number of rotatable bonds is 8. The Morgan fingerprint density at radius 2 is 2.13 bits per heavy atom. The van der Waals surface area contributed by atoms with Crippen molar-refractivity contribution in [3.8, 4) is 6.07 Å². The van der Waals surface area contributed by atoms with Crippen LogP contribution in [0.5, 0.6) is 0 Å². The van der Waals surface area contributed by atoms with Crippen molar-refractivity contribution in [2.24, 2.45) is 5.11 Å². The van der Waals surface area contributed by atoms with Gasteiger partial charge >= 0.3 is 11.9 Å². The largest absolute Gasteiger partial charge is 0.479 e. The molecular weight excluding hydrogens is 509 g/mol. The summed E-state index contributed by atoms with van der Waals surface area (Å²) in [5, 5.41) is 43.0. The molecule has 1 saturated heterocycles. The minimum Gasteiger partial charge on any atom is -0.479 e. The van der Waals surface area contributed by atoms with E-state index in [-0.39, 0.29) is 34.1 Å². The third-order valence-corrected chi connectivity index (χ3v) is 6.43. The van der Waals surface area contributed by atoms with E-state index < -0.39 is 54.2 Å². The normalized spacial score (nSPS) is 25.8. The zero-order chi connectivity index (χ0) is 27.4. The van der Waals surface area contributed by atoms with Crippen LogP contribution in [0, 0.1) is 11.3 Å². The lowest BCUT2D eigenvalue weighted by molar-refractivity contribution is -0.194. The lowest BCUT2D eigenvalue weighted by Crippen LogP contribution is -2.53. The van der Waals surface area contributed by atoms with E-state index in [1.807, 2.05) is 6.07 Å². The van der Waals surface area contributed by atoms with Crippen LogP contribution in [0.25, 0.3) is 21.6 Å². The van der Waals surface area contributed by atoms with Crippen molar-refractivity contribution >= 4 is 34.9 Å². The molecule has 16 nitrogen and oxygen atoms in total. The summed E-state index contributed by atoms with van der Waals surface area (Å²) >= 11 is 0. The number of aromatic nitrogens is 4. The summed E-state index contributed by atoms with van der Waals surface area (Å²) in [6.45, 7) is 0. The van der Waals surface area contributed by atoms with Crippen molar-refractivity contribution in [1.82, 2.24) is 19.5 Å². The molecule has 3 aromatic rings. The van der Waals surface area contributed by atoms with Crippen LogP contribution in [0.4, 0.5) is 16.2 Å². The second-order valence-corrected chi connectivity index (χ2v) is 8.62. The highest BCUT2D eigenvalue weighted by Crippen LogP contribution is 2.58. The second-order valence-electron chi connectivity index (χ2n) is 8.62. The van der Waals surface area contributed by atoms with Crippen LogP contribution >= 0.6 is 0 Å². The van der Waals surface area contributed by atoms with Gasteiger partial charge in [-0.05, 0) is 28.3 Å². The van der Waals surface area contributed by atoms with Crippen LogP contribution in [0.15, 0.2) is 35.7 Å². The van der Waals surface area contributed by atoms with Gasteiger partial charge < -0.3 is 30.5 Å². The number of aliphatic carboxylic acids is 2. The number of alkyl halides is 1. The Labute approximate surface area is 210 Å². The number of fused-ring (bicyclic) bond motifs is 2. The topological polar surface area (TPSA) is 255 Å². The number of carbonyl (C=O) groups is 2. The molecule has 5 N–H and O–H groups in total. The molecule has 1 saturated carbocycles. The molecule has 5 atom stereocenters. The van der Waals surface area contributed by atoms with Gasteiger partial charge in [0.1, 0.15) is 17.7 Å². The average Bonchev–Trinajstić information content (AvgIpc) is 3.13. The Hall–Kier alpha value is -4.88. The number of azide groups is 1. The van der Waals surface area contributed by atoms with Crippen LogP contribution in [0.3, 0.4) is 0 Å². The van der Waals surface area contributed by atoms with Gasteiger partial charge in [0, 0.05) is 11.3 Å². The highest BCUT2D eigenvalue weighted by Gasteiger charge is 2.80. The third-order valence-electron chi connectivity index (χ3n) is 6.43. The van der Waals surface area contributed by atoms with Gasteiger partial charge in [-0.1, -0.05) is 12.1 Å². The molecule has 194 valence electrons. The van der Waals surface area contributed by atoms with Crippen LogP contribution in [0.1, 0.15) is 17.4 Å². The van der Waals surface area contributed by atoms with E-state index in [9.17, 15) is 24.9 Å². The summed E-state index contributed by atoms with van der Waals surface area (Å²) in [5.74, 6) is -4.33. The second kappa shape index (κ2) is 8.61. The summed E-state index contributed by atoms with van der Waals surface area (Å²) in [7, 11) is 0.